The van der Waals surface area contributed by atoms with E-state index >= 15 is 0 Å². The zero-order valence-corrected chi connectivity index (χ0v) is 21.6. The Bertz CT molecular complexity index is 709. The Morgan fingerprint density at radius 3 is 1.47 bits per heavy atom. The second-order valence-electron chi connectivity index (χ2n) is 10.00. The number of rotatable bonds is 18. The second kappa shape index (κ2) is 17.0. The Morgan fingerprint density at radius 2 is 0.969 bits per heavy atom. The van der Waals surface area contributed by atoms with Crippen LogP contribution in [0.2, 0.25) is 0 Å². The average molecular weight is 435 g/mol. The van der Waals surface area contributed by atoms with Gasteiger partial charge in [-0.25, -0.2) is 0 Å². The molecule has 0 nitrogen and oxygen atoms in total. The van der Waals surface area contributed by atoms with Crippen molar-refractivity contribution < 1.29 is 0 Å². The van der Waals surface area contributed by atoms with Gasteiger partial charge in [0.15, 0.2) is 0 Å². The van der Waals surface area contributed by atoms with Crippen molar-refractivity contribution in [2.75, 3.05) is 0 Å². The molecule has 0 heterocycles. The highest BCUT2D eigenvalue weighted by atomic mass is 14.1. The fourth-order valence-electron chi connectivity index (χ4n) is 4.79. The van der Waals surface area contributed by atoms with Crippen LogP contribution in [-0.2, 0) is 6.42 Å². The predicted octanol–water partition coefficient (Wildman–Crippen LogP) is 10.8. The van der Waals surface area contributed by atoms with Gasteiger partial charge >= 0.3 is 0 Å². The third-order valence-corrected chi connectivity index (χ3v) is 7.19. The van der Waals surface area contributed by atoms with Gasteiger partial charge in [-0.2, -0.15) is 0 Å². The molecule has 0 aliphatic rings. The maximum absolute atomic E-state index is 2.34. The first-order valence-corrected chi connectivity index (χ1v) is 13.9. The van der Waals surface area contributed by atoms with E-state index in [0.29, 0.717) is 0 Å². The summed E-state index contributed by atoms with van der Waals surface area (Å²) in [5, 5.41) is 0. The van der Waals surface area contributed by atoms with Crippen molar-refractivity contribution in [1.82, 2.24) is 0 Å². The topological polar surface area (TPSA) is 0 Å². The van der Waals surface area contributed by atoms with E-state index in [0.717, 1.165) is 0 Å². The van der Waals surface area contributed by atoms with Crippen LogP contribution in [0, 0.1) is 13.8 Å². The Kier molecular flexibility index (Phi) is 14.2. The minimum atomic E-state index is 1.23. The molecule has 2 aromatic rings. The van der Waals surface area contributed by atoms with Crippen molar-refractivity contribution in [1.29, 1.82) is 0 Å². The van der Waals surface area contributed by atoms with Gasteiger partial charge in [0.05, 0.1) is 0 Å². The van der Waals surface area contributed by atoms with Crippen LogP contribution in [0.4, 0.5) is 0 Å². The molecule has 0 saturated carbocycles. The van der Waals surface area contributed by atoms with E-state index in [-0.39, 0.29) is 0 Å². The van der Waals surface area contributed by atoms with E-state index in [9.17, 15) is 0 Å². The molecule has 2 rings (SSSR count). The van der Waals surface area contributed by atoms with Gasteiger partial charge in [0, 0.05) is 0 Å². The zero-order valence-electron chi connectivity index (χ0n) is 21.6. The van der Waals surface area contributed by atoms with Crippen LogP contribution in [0.25, 0.3) is 11.1 Å². The van der Waals surface area contributed by atoms with Crippen molar-refractivity contribution in [3.8, 4) is 11.1 Å². The molecular formula is C32H50. The molecule has 0 heteroatoms. The van der Waals surface area contributed by atoms with Crippen molar-refractivity contribution in [2.24, 2.45) is 0 Å². The molecule has 0 spiro atoms. The van der Waals surface area contributed by atoms with Crippen molar-refractivity contribution in [3.05, 3.63) is 59.2 Å². The highest BCUT2D eigenvalue weighted by molar-refractivity contribution is 5.68. The Balaban J connectivity index is 1.43. The van der Waals surface area contributed by atoms with E-state index in [1.807, 2.05) is 0 Å². The van der Waals surface area contributed by atoms with Gasteiger partial charge < -0.3 is 0 Å². The quantitative estimate of drug-likeness (QED) is 0.205. The van der Waals surface area contributed by atoms with Gasteiger partial charge in [-0.3, -0.25) is 0 Å². The van der Waals surface area contributed by atoms with Gasteiger partial charge in [0.25, 0.3) is 0 Å². The van der Waals surface area contributed by atoms with E-state index < -0.39 is 0 Å². The Hall–Kier alpha value is -1.56. The summed E-state index contributed by atoms with van der Waals surface area (Å²) < 4.78 is 0. The minimum Gasteiger partial charge on any atom is -0.0654 e. The highest BCUT2D eigenvalue weighted by Gasteiger charge is 2.04. The lowest BCUT2D eigenvalue weighted by Crippen LogP contribution is -1.89. The third-order valence-electron chi connectivity index (χ3n) is 7.19. The number of aryl methyl sites for hydroxylation is 2. The molecule has 0 saturated heterocycles. The summed E-state index contributed by atoms with van der Waals surface area (Å²) in [6.07, 6.45) is 24.2. The smallest absolute Gasteiger partial charge is 0.0152 e. The van der Waals surface area contributed by atoms with Crippen LogP contribution in [0.5, 0.6) is 0 Å². The molecular weight excluding hydrogens is 384 g/mol. The van der Waals surface area contributed by atoms with Gasteiger partial charge in [0.2, 0.25) is 0 Å². The SMILES string of the molecule is CCCCCCCCCCCCCCCCCCc1ccc(-c2cccc(C)c2C)cc1. The maximum atomic E-state index is 2.34. The molecule has 178 valence electrons. The van der Waals surface area contributed by atoms with Gasteiger partial charge in [-0.15, -0.1) is 0 Å². The summed E-state index contributed by atoms with van der Waals surface area (Å²) in [6, 6.07) is 15.9. The minimum absolute atomic E-state index is 1.23. The summed E-state index contributed by atoms with van der Waals surface area (Å²) in [5.74, 6) is 0. The first-order chi connectivity index (χ1) is 15.7. The highest BCUT2D eigenvalue weighted by Crippen LogP contribution is 2.26. The maximum Gasteiger partial charge on any atom is -0.0152 e. The Labute approximate surface area is 200 Å². The van der Waals surface area contributed by atoms with Crippen molar-refractivity contribution >= 4 is 0 Å². The van der Waals surface area contributed by atoms with Crippen molar-refractivity contribution in [3.63, 3.8) is 0 Å². The zero-order chi connectivity index (χ0) is 22.9. The number of benzene rings is 2. The number of unbranched alkanes of at least 4 members (excludes halogenated alkanes) is 15. The molecule has 0 aliphatic heterocycles. The molecule has 0 radical (unpaired) electrons. The average Bonchev–Trinajstić information content (AvgIpc) is 2.81. The summed E-state index contributed by atoms with van der Waals surface area (Å²) in [4.78, 5) is 0. The van der Waals surface area contributed by atoms with Crippen LogP contribution in [-0.4, -0.2) is 0 Å². The molecule has 32 heavy (non-hydrogen) atoms. The summed E-state index contributed by atoms with van der Waals surface area (Å²) in [7, 11) is 0. The Morgan fingerprint density at radius 1 is 0.500 bits per heavy atom. The fourth-order valence-corrected chi connectivity index (χ4v) is 4.79. The van der Waals surface area contributed by atoms with Crippen LogP contribution >= 0.6 is 0 Å². The molecule has 0 amide bonds. The molecule has 0 unspecified atom stereocenters. The molecule has 0 aromatic heterocycles. The van der Waals surface area contributed by atoms with E-state index in [2.05, 4.69) is 63.2 Å². The molecule has 0 atom stereocenters. The normalized spacial score (nSPS) is 11.2. The van der Waals surface area contributed by atoms with E-state index in [1.165, 1.54) is 137 Å². The van der Waals surface area contributed by atoms with Crippen LogP contribution in [0.1, 0.15) is 126 Å². The molecule has 2 aromatic carbocycles. The second-order valence-corrected chi connectivity index (χ2v) is 10.00. The lowest BCUT2D eigenvalue weighted by molar-refractivity contribution is 0.529. The van der Waals surface area contributed by atoms with E-state index in [1.54, 1.807) is 0 Å². The lowest BCUT2D eigenvalue weighted by atomic mass is 9.95. The van der Waals surface area contributed by atoms with E-state index in [4.69, 9.17) is 0 Å². The van der Waals surface area contributed by atoms with Gasteiger partial charge in [0.1, 0.15) is 0 Å². The third kappa shape index (κ3) is 10.8. The van der Waals surface area contributed by atoms with Crippen molar-refractivity contribution in [2.45, 2.75) is 130 Å². The largest absolute Gasteiger partial charge is 0.0654 e. The van der Waals surface area contributed by atoms with Crippen LogP contribution in [0.15, 0.2) is 42.5 Å². The number of hydrogen-bond acceptors (Lipinski definition) is 0. The van der Waals surface area contributed by atoms with Crippen LogP contribution < -0.4 is 0 Å². The van der Waals surface area contributed by atoms with Gasteiger partial charge in [-0.1, -0.05) is 146 Å². The first kappa shape index (κ1) is 26.7. The van der Waals surface area contributed by atoms with Gasteiger partial charge in [-0.05, 0) is 54.5 Å². The predicted molar refractivity (Wildman–Crippen MR) is 145 cm³/mol. The molecule has 0 aliphatic carbocycles. The lowest BCUT2D eigenvalue weighted by Gasteiger charge is -2.10. The number of hydrogen-bond donors (Lipinski definition) is 0. The molecule has 0 fully saturated rings. The summed E-state index contributed by atoms with van der Waals surface area (Å²) >= 11 is 0. The van der Waals surface area contributed by atoms with Crippen LogP contribution in [0.3, 0.4) is 0 Å². The summed E-state index contributed by atoms with van der Waals surface area (Å²) in [5.41, 5.74) is 6.99. The molecule has 0 N–H and O–H groups in total. The summed E-state index contributed by atoms with van der Waals surface area (Å²) in [6.45, 7) is 6.73. The monoisotopic (exact) mass is 434 g/mol. The molecule has 0 bridgehead atoms. The fraction of sp³-hybridized carbons (Fsp3) is 0.625. The first-order valence-electron chi connectivity index (χ1n) is 13.9. The standard InChI is InChI=1S/C32H50/c1-4-5-6-7-8-9-10-11-12-13-14-15-16-17-18-19-22-30-24-26-31(27-25-30)32-23-20-21-28(2)29(32)3/h20-21,23-27H,4-19,22H2,1-3H3.